The first-order chi connectivity index (χ1) is 9.60. The van der Waals surface area contributed by atoms with Crippen molar-refractivity contribution < 1.29 is 4.79 Å². The van der Waals surface area contributed by atoms with Gasteiger partial charge in [-0.1, -0.05) is 6.92 Å². The van der Waals surface area contributed by atoms with E-state index in [-0.39, 0.29) is 5.91 Å². The Morgan fingerprint density at radius 2 is 2.35 bits per heavy atom. The molecule has 20 heavy (non-hydrogen) atoms. The van der Waals surface area contributed by atoms with Gasteiger partial charge in [-0.15, -0.1) is 0 Å². The van der Waals surface area contributed by atoms with Crippen molar-refractivity contribution in [1.82, 2.24) is 14.8 Å². The molecule has 1 saturated heterocycles. The lowest BCUT2D eigenvalue weighted by molar-refractivity contribution is 0.0822. The van der Waals surface area contributed by atoms with Crippen molar-refractivity contribution in [3.63, 3.8) is 0 Å². The van der Waals surface area contributed by atoms with Gasteiger partial charge >= 0.3 is 0 Å². The molecule has 1 aromatic rings. The highest BCUT2D eigenvalue weighted by molar-refractivity contribution is 5.92. The Kier molecular flexibility index (Phi) is 4.95. The molecule has 110 valence electrons. The number of hydrogen-bond donors (Lipinski definition) is 1. The van der Waals surface area contributed by atoms with Crippen LogP contribution in [0.2, 0.25) is 0 Å². The normalized spacial score (nSPS) is 19.1. The predicted octanol–water partition coefficient (Wildman–Crippen LogP) is 1.54. The van der Waals surface area contributed by atoms with E-state index in [4.69, 9.17) is 0 Å². The van der Waals surface area contributed by atoms with E-state index in [0.717, 1.165) is 25.3 Å². The quantitative estimate of drug-likeness (QED) is 0.886. The molecule has 0 aromatic carbocycles. The summed E-state index contributed by atoms with van der Waals surface area (Å²) in [5, 5.41) is 3.43. The Balaban J connectivity index is 1.90. The summed E-state index contributed by atoms with van der Waals surface area (Å²) in [4.78, 5) is 20.0. The van der Waals surface area contributed by atoms with Crippen LogP contribution in [0, 0.1) is 5.92 Å². The first kappa shape index (κ1) is 14.8. The number of likely N-dealkylation sites (tertiary alicyclic amines) is 1. The summed E-state index contributed by atoms with van der Waals surface area (Å²) in [6.07, 6.45) is 2.93. The van der Waals surface area contributed by atoms with Crippen molar-refractivity contribution in [2.45, 2.75) is 13.3 Å². The summed E-state index contributed by atoms with van der Waals surface area (Å²) in [7, 11) is 3.48. The Hall–Kier alpha value is -1.62. The minimum absolute atomic E-state index is 0.0633. The number of nitrogens with one attached hydrogen (secondary N) is 1. The van der Waals surface area contributed by atoms with Crippen molar-refractivity contribution in [3.8, 4) is 0 Å². The Morgan fingerprint density at radius 1 is 1.55 bits per heavy atom. The van der Waals surface area contributed by atoms with Gasteiger partial charge in [-0.2, -0.15) is 0 Å². The van der Waals surface area contributed by atoms with Crippen LogP contribution in [0.3, 0.4) is 0 Å². The molecule has 1 aromatic heterocycles. The number of aromatic nitrogens is 1. The molecule has 0 radical (unpaired) electrons. The molecule has 1 aliphatic rings. The van der Waals surface area contributed by atoms with Crippen molar-refractivity contribution in [1.29, 1.82) is 0 Å². The minimum Gasteiger partial charge on any atom is -0.385 e. The SMILES string of the molecule is CCN1CCC(CNc2ccnc(C(=O)N(C)C)c2)C1. The largest absolute Gasteiger partial charge is 0.385 e. The lowest BCUT2D eigenvalue weighted by Crippen LogP contribution is -2.23. The third-order valence-corrected chi connectivity index (χ3v) is 3.80. The van der Waals surface area contributed by atoms with Crippen LogP contribution >= 0.6 is 0 Å². The van der Waals surface area contributed by atoms with Crippen LogP contribution in [0.1, 0.15) is 23.8 Å². The van der Waals surface area contributed by atoms with Gasteiger partial charge in [-0.05, 0) is 37.6 Å². The monoisotopic (exact) mass is 276 g/mol. The first-order valence-electron chi connectivity index (χ1n) is 7.24. The van der Waals surface area contributed by atoms with E-state index in [9.17, 15) is 4.79 Å². The maximum atomic E-state index is 11.9. The zero-order valence-corrected chi connectivity index (χ0v) is 12.6. The van der Waals surface area contributed by atoms with Crippen molar-refractivity contribution in [2.24, 2.45) is 5.92 Å². The average molecular weight is 276 g/mol. The van der Waals surface area contributed by atoms with E-state index in [1.807, 2.05) is 12.1 Å². The van der Waals surface area contributed by atoms with Crippen LogP contribution in [0.4, 0.5) is 5.69 Å². The Morgan fingerprint density at radius 3 is 3.00 bits per heavy atom. The fraction of sp³-hybridized carbons (Fsp3) is 0.600. The van der Waals surface area contributed by atoms with Crippen LogP contribution in [-0.4, -0.2) is 61.0 Å². The summed E-state index contributed by atoms with van der Waals surface area (Å²) < 4.78 is 0. The fourth-order valence-corrected chi connectivity index (χ4v) is 2.52. The van der Waals surface area contributed by atoms with Gasteiger partial charge in [0.2, 0.25) is 0 Å². The van der Waals surface area contributed by atoms with Gasteiger partial charge < -0.3 is 15.1 Å². The summed E-state index contributed by atoms with van der Waals surface area (Å²) in [6, 6.07) is 3.74. The topological polar surface area (TPSA) is 48.5 Å². The van der Waals surface area contributed by atoms with Crippen molar-refractivity contribution in [2.75, 3.05) is 45.6 Å². The summed E-state index contributed by atoms with van der Waals surface area (Å²) >= 11 is 0. The lowest BCUT2D eigenvalue weighted by Gasteiger charge is -2.15. The molecule has 5 heteroatoms. The van der Waals surface area contributed by atoms with Crippen LogP contribution < -0.4 is 5.32 Å². The van der Waals surface area contributed by atoms with Crippen LogP contribution in [0.15, 0.2) is 18.3 Å². The molecule has 1 unspecified atom stereocenters. The smallest absolute Gasteiger partial charge is 0.272 e. The van der Waals surface area contributed by atoms with Crippen LogP contribution in [-0.2, 0) is 0 Å². The highest BCUT2D eigenvalue weighted by atomic mass is 16.2. The molecule has 2 heterocycles. The molecule has 1 fully saturated rings. The molecule has 0 bridgehead atoms. The van der Waals surface area contributed by atoms with Gasteiger partial charge in [0, 0.05) is 39.1 Å². The van der Waals surface area contributed by atoms with Gasteiger partial charge in [-0.3, -0.25) is 9.78 Å². The highest BCUT2D eigenvalue weighted by Crippen LogP contribution is 2.17. The number of carbonyl (C=O) groups is 1. The summed E-state index contributed by atoms with van der Waals surface area (Å²) in [5.41, 5.74) is 1.46. The Labute approximate surface area is 121 Å². The first-order valence-corrected chi connectivity index (χ1v) is 7.24. The van der Waals surface area contributed by atoms with Gasteiger partial charge in [0.15, 0.2) is 0 Å². The van der Waals surface area contributed by atoms with E-state index in [1.165, 1.54) is 13.0 Å². The number of rotatable bonds is 5. The average Bonchev–Trinajstić information content (AvgIpc) is 2.92. The molecule has 0 spiro atoms. The van der Waals surface area contributed by atoms with Crippen molar-refractivity contribution >= 4 is 11.6 Å². The standard InChI is InChI=1S/C15H24N4O/c1-4-19-8-6-12(11-19)10-17-13-5-7-16-14(9-13)15(20)18(2)3/h5,7,9,12H,4,6,8,10-11H2,1-3H3,(H,16,17). The Bertz CT molecular complexity index is 461. The third kappa shape index (κ3) is 3.70. The van der Waals surface area contributed by atoms with Gasteiger partial charge in [0.25, 0.3) is 5.91 Å². The summed E-state index contributed by atoms with van der Waals surface area (Å²) in [5.74, 6) is 0.628. The van der Waals surface area contributed by atoms with E-state index in [1.54, 1.807) is 25.2 Å². The molecular weight excluding hydrogens is 252 g/mol. The van der Waals surface area contributed by atoms with Gasteiger partial charge in [0.05, 0.1) is 0 Å². The van der Waals surface area contributed by atoms with Gasteiger partial charge in [0.1, 0.15) is 5.69 Å². The van der Waals surface area contributed by atoms with Gasteiger partial charge in [-0.25, -0.2) is 0 Å². The molecule has 1 N–H and O–H groups in total. The van der Waals surface area contributed by atoms with Crippen LogP contribution in [0.25, 0.3) is 0 Å². The van der Waals surface area contributed by atoms with E-state index < -0.39 is 0 Å². The maximum Gasteiger partial charge on any atom is 0.272 e. The molecule has 1 amide bonds. The predicted molar refractivity (Wildman–Crippen MR) is 81.0 cm³/mol. The third-order valence-electron chi connectivity index (χ3n) is 3.80. The van der Waals surface area contributed by atoms with E-state index in [0.29, 0.717) is 11.6 Å². The molecule has 2 rings (SSSR count). The van der Waals surface area contributed by atoms with E-state index >= 15 is 0 Å². The van der Waals surface area contributed by atoms with E-state index in [2.05, 4.69) is 22.1 Å². The highest BCUT2D eigenvalue weighted by Gasteiger charge is 2.20. The molecular formula is C15H24N4O. The number of anilines is 1. The second kappa shape index (κ2) is 6.70. The number of carbonyl (C=O) groups excluding carboxylic acids is 1. The molecule has 0 saturated carbocycles. The van der Waals surface area contributed by atoms with Crippen LogP contribution in [0.5, 0.6) is 0 Å². The second-order valence-corrected chi connectivity index (χ2v) is 5.56. The molecule has 0 aliphatic carbocycles. The minimum atomic E-state index is -0.0633. The molecule has 1 atom stereocenters. The fourth-order valence-electron chi connectivity index (χ4n) is 2.52. The van der Waals surface area contributed by atoms with Crippen molar-refractivity contribution in [3.05, 3.63) is 24.0 Å². The zero-order valence-electron chi connectivity index (χ0n) is 12.6. The zero-order chi connectivity index (χ0) is 14.5. The number of amides is 1. The maximum absolute atomic E-state index is 11.9. The second-order valence-electron chi connectivity index (χ2n) is 5.56. The lowest BCUT2D eigenvalue weighted by atomic mass is 10.1. The number of pyridine rings is 1. The molecule has 5 nitrogen and oxygen atoms in total. The number of hydrogen-bond acceptors (Lipinski definition) is 4. The molecule has 1 aliphatic heterocycles. The number of nitrogens with zero attached hydrogens (tertiary/aromatic N) is 3. The summed E-state index contributed by atoms with van der Waals surface area (Å²) in [6.45, 7) is 6.66.